The quantitative estimate of drug-likeness (QED) is 0.690. The summed E-state index contributed by atoms with van der Waals surface area (Å²) in [5, 5.41) is 12.6. The molecule has 1 rings (SSSR count). The number of rotatable bonds is 8. The van der Waals surface area contributed by atoms with E-state index in [1.54, 1.807) is 19.0 Å². The smallest absolute Gasteiger partial charge is 0.222 e. The molecule has 1 unspecified atom stereocenters. The van der Waals surface area contributed by atoms with Crippen LogP contribution < -0.4 is 5.32 Å². The van der Waals surface area contributed by atoms with Crippen molar-refractivity contribution >= 4 is 5.91 Å². The van der Waals surface area contributed by atoms with Gasteiger partial charge in [-0.25, -0.2) is 0 Å². The van der Waals surface area contributed by atoms with E-state index in [0.717, 1.165) is 19.4 Å². The second kappa shape index (κ2) is 8.67. The molecular weight excluding hydrogens is 240 g/mol. The number of aliphatic hydroxyl groups excluding tert-OH is 1. The predicted molar refractivity (Wildman–Crippen MR) is 77.0 cm³/mol. The number of aliphatic hydroxyl groups is 1. The maximum Gasteiger partial charge on any atom is 0.222 e. The van der Waals surface area contributed by atoms with Crippen molar-refractivity contribution in [3.63, 3.8) is 0 Å². The number of nitrogens with one attached hydrogen (secondary N) is 1. The van der Waals surface area contributed by atoms with Crippen LogP contribution in [-0.2, 0) is 11.2 Å². The lowest BCUT2D eigenvalue weighted by molar-refractivity contribution is -0.128. The third kappa shape index (κ3) is 6.36. The highest BCUT2D eigenvalue weighted by Crippen LogP contribution is 2.03. The molecule has 0 aliphatic carbocycles. The van der Waals surface area contributed by atoms with Crippen LogP contribution in [-0.4, -0.2) is 49.2 Å². The minimum absolute atomic E-state index is 0.0526. The van der Waals surface area contributed by atoms with Crippen LogP contribution in [0.5, 0.6) is 0 Å². The van der Waals surface area contributed by atoms with Crippen molar-refractivity contribution in [1.82, 2.24) is 10.2 Å². The van der Waals surface area contributed by atoms with E-state index in [2.05, 4.69) is 17.4 Å². The number of carbonyl (C=O) groups is 1. The molecule has 0 saturated heterocycles. The maximum atomic E-state index is 11.4. The number of hydrogen-bond acceptors (Lipinski definition) is 3. The summed E-state index contributed by atoms with van der Waals surface area (Å²) in [7, 11) is 3.53. The Morgan fingerprint density at radius 1 is 1.32 bits per heavy atom. The first-order chi connectivity index (χ1) is 9.13. The van der Waals surface area contributed by atoms with Gasteiger partial charge in [-0.1, -0.05) is 30.3 Å². The molecule has 0 bridgehead atoms. The SMILES string of the molecule is CN(C)C(=O)CCCNC(CO)Cc1ccccc1. The first kappa shape index (κ1) is 15.7. The van der Waals surface area contributed by atoms with Crippen LogP contribution in [0.15, 0.2) is 30.3 Å². The summed E-state index contributed by atoms with van der Waals surface area (Å²) in [6, 6.07) is 10.1. The molecule has 0 aliphatic heterocycles. The molecule has 0 aliphatic rings. The highest BCUT2D eigenvalue weighted by Gasteiger charge is 2.08. The van der Waals surface area contributed by atoms with Crippen molar-refractivity contribution in [1.29, 1.82) is 0 Å². The maximum absolute atomic E-state index is 11.4. The highest BCUT2D eigenvalue weighted by molar-refractivity contribution is 5.75. The van der Waals surface area contributed by atoms with E-state index in [1.165, 1.54) is 5.56 Å². The average molecular weight is 264 g/mol. The predicted octanol–water partition coefficient (Wildman–Crippen LogP) is 1.05. The van der Waals surface area contributed by atoms with Gasteiger partial charge in [-0.05, 0) is 24.9 Å². The van der Waals surface area contributed by atoms with Crippen LogP contribution in [0.25, 0.3) is 0 Å². The van der Waals surface area contributed by atoms with Crippen LogP contribution >= 0.6 is 0 Å². The van der Waals surface area contributed by atoms with Gasteiger partial charge >= 0.3 is 0 Å². The van der Waals surface area contributed by atoms with Crippen LogP contribution in [0.3, 0.4) is 0 Å². The van der Waals surface area contributed by atoms with Crippen molar-refractivity contribution < 1.29 is 9.90 Å². The van der Waals surface area contributed by atoms with E-state index in [0.29, 0.717) is 6.42 Å². The summed E-state index contributed by atoms with van der Waals surface area (Å²) in [6.07, 6.45) is 2.14. The number of carbonyl (C=O) groups excluding carboxylic acids is 1. The van der Waals surface area contributed by atoms with E-state index in [9.17, 15) is 9.90 Å². The number of hydrogen-bond donors (Lipinski definition) is 2. The molecule has 1 aromatic carbocycles. The molecule has 0 radical (unpaired) electrons. The molecular formula is C15H24N2O2. The van der Waals surface area contributed by atoms with Gasteiger partial charge in [0.05, 0.1) is 6.61 Å². The van der Waals surface area contributed by atoms with Crippen LogP contribution in [0.1, 0.15) is 18.4 Å². The Balaban J connectivity index is 2.24. The summed E-state index contributed by atoms with van der Waals surface area (Å²) >= 11 is 0. The number of amides is 1. The Hall–Kier alpha value is -1.39. The summed E-state index contributed by atoms with van der Waals surface area (Å²) in [5.74, 6) is 0.144. The second-order valence-electron chi connectivity index (χ2n) is 4.92. The lowest BCUT2D eigenvalue weighted by atomic mass is 10.1. The summed E-state index contributed by atoms with van der Waals surface area (Å²) in [5.41, 5.74) is 1.21. The molecule has 0 saturated carbocycles. The van der Waals surface area contributed by atoms with Gasteiger partial charge in [-0.2, -0.15) is 0 Å². The lowest BCUT2D eigenvalue weighted by Gasteiger charge is -2.16. The fourth-order valence-corrected chi connectivity index (χ4v) is 1.87. The Kier molecular flexibility index (Phi) is 7.15. The molecule has 4 nitrogen and oxygen atoms in total. The molecule has 1 aromatic rings. The summed E-state index contributed by atoms with van der Waals surface area (Å²) in [6.45, 7) is 0.855. The van der Waals surface area contributed by atoms with Gasteiger partial charge in [0.25, 0.3) is 0 Å². The van der Waals surface area contributed by atoms with Crippen molar-refractivity contribution in [2.24, 2.45) is 0 Å². The van der Waals surface area contributed by atoms with Gasteiger partial charge < -0.3 is 15.3 Å². The molecule has 1 atom stereocenters. The summed E-state index contributed by atoms with van der Waals surface area (Å²) < 4.78 is 0. The normalized spacial score (nSPS) is 12.2. The fourth-order valence-electron chi connectivity index (χ4n) is 1.87. The monoisotopic (exact) mass is 264 g/mol. The Morgan fingerprint density at radius 3 is 2.58 bits per heavy atom. The first-order valence-corrected chi connectivity index (χ1v) is 6.71. The zero-order chi connectivity index (χ0) is 14.1. The third-order valence-electron chi connectivity index (χ3n) is 3.04. The van der Waals surface area contributed by atoms with Crippen LogP contribution in [0.2, 0.25) is 0 Å². The molecule has 0 fully saturated rings. The van der Waals surface area contributed by atoms with E-state index >= 15 is 0 Å². The van der Waals surface area contributed by atoms with Crippen molar-refractivity contribution in [2.75, 3.05) is 27.2 Å². The molecule has 2 N–H and O–H groups in total. The van der Waals surface area contributed by atoms with Gasteiger partial charge in [0, 0.05) is 26.6 Å². The standard InChI is InChI=1S/C15H24N2O2/c1-17(2)15(19)9-6-10-16-14(12-18)11-13-7-4-3-5-8-13/h3-5,7-8,14,16,18H,6,9-12H2,1-2H3. The van der Waals surface area contributed by atoms with Gasteiger partial charge in [0.2, 0.25) is 5.91 Å². The molecule has 106 valence electrons. The van der Waals surface area contributed by atoms with Gasteiger partial charge in [0.1, 0.15) is 0 Å². The second-order valence-corrected chi connectivity index (χ2v) is 4.92. The third-order valence-corrected chi connectivity index (χ3v) is 3.04. The minimum Gasteiger partial charge on any atom is -0.395 e. The largest absolute Gasteiger partial charge is 0.395 e. The Labute approximate surface area is 115 Å². The average Bonchev–Trinajstić information content (AvgIpc) is 2.42. The number of nitrogens with zero attached hydrogens (tertiary/aromatic N) is 1. The lowest BCUT2D eigenvalue weighted by Crippen LogP contribution is -2.35. The zero-order valence-corrected chi connectivity index (χ0v) is 11.8. The Bertz CT molecular complexity index is 366. The van der Waals surface area contributed by atoms with E-state index in [1.807, 2.05) is 18.2 Å². The molecule has 0 spiro atoms. The highest BCUT2D eigenvalue weighted by atomic mass is 16.3. The first-order valence-electron chi connectivity index (χ1n) is 6.71. The van der Waals surface area contributed by atoms with Crippen LogP contribution in [0, 0.1) is 0 Å². The van der Waals surface area contributed by atoms with Crippen molar-refractivity contribution in [3.8, 4) is 0 Å². The topological polar surface area (TPSA) is 52.6 Å². The van der Waals surface area contributed by atoms with Crippen molar-refractivity contribution in [2.45, 2.75) is 25.3 Å². The molecule has 1 amide bonds. The van der Waals surface area contributed by atoms with Gasteiger partial charge in [0.15, 0.2) is 0 Å². The Morgan fingerprint density at radius 2 is 2.00 bits per heavy atom. The molecule has 4 heteroatoms. The van der Waals surface area contributed by atoms with Gasteiger partial charge in [-0.3, -0.25) is 4.79 Å². The fraction of sp³-hybridized carbons (Fsp3) is 0.533. The van der Waals surface area contributed by atoms with Crippen LogP contribution in [0.4, 0.5) is 0 Å². The molecule has 19 heavy (non-hydrogen) atoms. The van der Waals surface area contributed by atoms with E-state index in [-0.39, 0.29) is 18.6 Å². The molecule has 0 heterocycles. The molecule has 0 aromatic heterocycles. The number of benzene rings is 1. The summed E-state index contributed by atoms with van der Waals surface area (Å²) in [4.78, 5) is 13.0. The van der Waals surface area contributed by atoms with E-state index in [4.69, 9.17) is 0 Å². The van der Waals surface area contributed by atoms with Crippen molar-refractivity contribution in [3.05, 3.63) is 35.9 Å². The zero-order valence-electron chi connectivity index (χ0n) is 11.8. The minimum atomic E-state index is 0.0526. The van der Waals surface area contributed by atoms with E-state index < -0.39 is 0 Å². The van der Waals surface area contributed by atoms with Gasteiger partial charge in [-0.15, -0.1) is 0 Å².